The van der Waals surface area contributed by atoms with Crippen molar-refractivity contribution in [3.63, 3.8) is 0 Å². The van der Waals surface area contributed by atoms with Crippen molar-refractivity contribution in [2.24, 2.45) is 0 Å². The molecular formula is C15H14N4O4. The maximum absolute atomic E-state index is 11.9. The number of aromatic nitrogens is 2. The highest BCUT2D eigenvalue weighted by atomic mass is 16.5. The summed E-state index contributed by atoms with van der Waals surface area (Å²) in [6, 6.07) is 11.0. The molecule has 0 saturated carbocycles. The number of carbonyl (C=O) groups excluding carboxylic acids is 1. The van der Waals surface area contributed by atoms with Crippen LogP contribution in [0.5, 0.6) is 0 Å². The highest BCUT2D eigenvalue weighted by Gasteiger charge is 2.19. The van der Waals surface area contributed by atoms with Gasteiger partial charge < -0.3 is 9.84 Å². The number of rotatable bonds is 6. The van der Waals surface area contributed by atoms with Crippen LogP contribution in [0, 0.1) is 11.3 Å². The van der Waals surface area contributed by atoms with Crippen LogP contribution in [0.4, 0.5) is 10.6 Å². The highest BCUT2D eigenvalue weighted by molar-refractivity contribution is 5.97. The van der Waals surface area contributed by atoms with E-state index in [-0.39, 0.29) is 31.0 Å². The van der Waals surface area contributed by atoms with Gasteiger partial charge in [-0.15, -0.1) is 0 Å². The smallest absolute Gasteiger partial charge is 0.413 e. The predicted octanol–water partition coefficient (Wildman–Crippen LogP) is 2.24. The van der Waals surface area contributed by atoms with Gasteiger partial charge in [-0.3, -0.25) is 5.32 Å². The summed E-state index contributed by atoms with van der Waals surface area (Å²) in [5.74, 6) is -1.24. The monoisotopic (exact) mass is 314 g/mol. The maximum Gasteiger partial charge on any atom is 0.413 e. The van der Waals surface area contributed by atoms with Gasteiger partial charge in [-0.05, 0) is 5.56 Å². The summed E-state index contributed by atoms with van der Waals surface area (Å²) >= 11 is 0. The number of nitrogens with zero attached hydrogens (tertiary/aromatic N) is 3. The molecule has 0 bridgehead atoms. The van der Waals surface area contributed by atoms with E-state index in [4.69, 9.17) is 15.1 Å². The number of nitrogens with one attached hydrogen (secondary N) is 1. The summed E-state index contributed by atoms with van der Waals surface area (Å²) in [4.78, 5) is 23.0. The third-order valence-electron chi connectivity index (χ3n) is 2.94. The summed E-state index contributed by atoms with van der Waals surface area (Å²) in [5.41, 5.74) is 0.638. The third kappa shape index (κ3) is 4.31. The van der Waals surface area contributed by atoms with Crippen LogP contribution >= 0.6 is 0 Å². The molecule has 118 valence electrons. The Balaban J connectivity index is 2.05. The first-order valence-corrected chi connectivity index (χ1v) is 6.75. The first-order chi connectivity index (χ1) is 11.1. The van der Waals surface area contributed by atoms with Crippen molar-refractivity contribution in [3.8, 4) is 6.07 Å². The average molecular weight is 314 g/mol. The Bertz CT molecular complexity index is 734. The lowest BCUT2D eigenvalue weighted by atomic mass is 10.2. The van der Waals surface area contributed by atoms with E-state index in [0.29, 0.717) is 0 Å². The molecular weight excluding hydrogens is 300 g/mol. The second-order valence-corrected chi connectivity index (χ2v) is 4.53. The normalized spacial score (nSPS) is 9.87. The zero-order valence-corrected chi connectivity index (χ0v) is 12.1. The Kier molecular flexibility index (Phi) is 5.30. The largest absolute Gasteiger partial charge is 0.477 e. The minimum absolute atomic E-state index is 0.00851. The van der Waals surface area contributed by atoms with Crippen LogP contribution in [0.1, 0.15) is 22.3 Å². The van der Waals surface area contributed by atoms with Crippen molar-refractivity contribution in [1.29, 1.82) is 5.26 Å². The number of nitriles is 1. The Morgan fingerprint density at radius 2 is 2.09 bits per heavy atom. The summed E-state index contributed by atoms with van der Waals surface area (Å²) in [7, 11) is 0. The van der Waals surface area contributed by atoms with Gasteiger partial charge in [0.25, 0.3) is 0 Å². The van der Waals surface area contributed by atoms with E-state index in [1.165, 1.54) is 4.68 Å². The van der Waals surface area contributed by atoms with Crippen molar-refractivity contribution in [2.75, 3.05) is 5.32 Å². The van der Waals surface area contributed by atoms with Crippen LogP contribution in [-0.2, 0) is 17.9 Å². The quantitative estimate of drug-likeness (QED) is 0.844. The molecule has 2 rings (SSSR count). The van der Waals surface area contributed by atoms with Crippen LogP contribution in [0.2, 0.25) is 0 Å². The fourth-order valence-corrected chi connectivity index (χ4v) is 1.86. The predicted molar refractivity (Wildman–Crippen MR) is 79.7 cm³/mol. The molecule has 0 aliphatic rings. The maximum atomic E-state index is 11.9. The number of amides is 1. The molecule has 1 heterocycles. The first kappa shape index (κ1) is 16.0. The Labute approximate surface area is 131 Å². The zero-order chi connectivity index (χ0) is 16.7. The lowest BCUT2D eigenvalue weighted by Crippen LogP contribution is -2.19. The molecule has 1 aromatic heterocycles. The SMILES string of the molecule is N#CCCn1ncc(C(=O)O)c1NC(=O)OCc1ccccc1. The van der Waals surface area contributed by atoms with Crippen molar-refractivity contribution < 1.29 is 19.4 Å². The molecule has 0 unspecified atom stereocenters. The molecule has 0 spiro atoms. The van der Waals surface area contributed by atoms with Gasteiger partial charge in [-0.2, -0.15) is 10.4 Å². The summed E-state index contributed by atoms with van der Waals surface area (Å²) in [6.45, 7) is 0.222. The van der Waals surface area contributed by atoms with Crippen LogP contribution < -0.4 is 5.32 Å². The molecule has 8 nitrogen and oxygen atoms in total. The van der Waals surface area contributed by atoms with Gasteiger partial charge in [0.15, 0.2) is 0 Å². The molecule has 0 aliphatic heterocycles. The van der Waals surface area contributed by atoms with Crippen LogP contribution in [0.3, 0.4) is 0 Å². The lowest BCUT2D eigenvalue weighted by Gasteiger charge is -2.09. The second kappa shape index (κ2) is 7.61. The fourth-order valence-electron chi connectivity index (χ4n) is 1.86. The van der Waals surface area contributed by atoms with E-state index < -0.39 is 12.1 Å². The minimum Gasteiger partial charge on any atom is -0.477 e. The summed E-state index contributed by atoms with van der Waals surface area (Å²) in [6.07, 6.45) is 0.455. The molecule has 8 heteroatoms. The average Bonchev–Trinajstić information content (AvgIpc) is 2.95. The summed E-state index contributed by atoms with van der Waals surface area (Å²) < 4.78 is 6.29. The third-order valence-corrected chi connectivity index (χ3v) is 2.94. The van der Waals surface area contributed by atoms with Gasteiger partial charge in [0, 0.05) is 0 Å². The van der Waals surface area contributed by atoms with E-state index in [1.54, 1.807) is 12.1 Å². The lowest BCUT2D eigenvalue weighted by molar-refractivity contribution is 0.0698. The van der Waals surface area contributed by atoms with Gasteiger partial charge in [0.1, 0.15) is 18.0 Å². The topological polar surface area (TPSA) is 117 Å². The van der Waals surface area contributed by atoms with Crippen molar-refractivity contribution >= 4 is 17.9 Å². The number of carboxylic acid groups (broad SMARTS) is 1. The zero-order valence-electron chi connectivity index (χ0n) is 12.1. The van der Waals surface area contributed by atoms with Crippen molar-refractivity contribution in [3.05, 3.63) is 47.7 Å². The highest BCUT2D eigenvalue weighted by Crippen LogP contribution is 2.16. The minimum atomic E-state index is -1.23. The van der Waals surface area contributed by atoms with E-state index in [0.717, 1.165) is 11.8 Å². The van der Waals surface area contributed by atoms with E-state index in [1.807, 2.05) is 24.3 Å². The standard InChI is InChI=1S/C15H14N4O4/c16-7-4-8-19-13(12(9-17-19)14(20)21)18-15(22)23-10-11-5-2-1-3-6-11/h1-3,5-6,9H,4,8,10H2,(H,18,22)(H,20,21). The second-order valence-electron chi connectivity index (χ2n) is 4.53. The number of aromatic carboxylic acids is 1. The number of carbonyl (C=O) groups is 2. The molecule has 0 radical (unpaired) electrons. The van der Waals surface area contributed by atoms with Gasteiger partial charge in [0.2, 0.25) is 0 Å². The number of hydrogen-bond acceptors (Lipinski definition) is 5. The summed E-state index contributed by atoms with van der Waals surface area (Å²) in [5, 5.41) is 24.0. The van der Waals surface area contributed by atoms with Gasteiger partial charge in [0.05, 0.1) is 25.2 Å². The number of ether oxygens (including phenoxy) is 1. The Hall–Kier alpha value is -3.34. The number of anilines is 1. The molecule has 23 heavy (non-hydrogen) atoms. The van der Waals surface area contributed by atoms with Crippen molar-refractivity contribution in [1.82, 2.24) is 9.78 Å². The van der Waals surface area contributed by atoms with Gasteiger partial charge in [-0.25, -0.2) is 14.3 Å². The number of hydrogen-bond donors (Lipinski definition) is 2. The van der Waals surface area contributed by atoms with Crippen LogP contribution in [0.15, 0.2) is 36.5 Å². The molecule has 2 N–H and O–H groups in total. The molecule has 1 aromatic carbocycles. The Morgan fingerprint density at radius 3 is 2.74 bits per heavy atom. The van der Waals surface area contributed by atoms with E-state index in [2.05, 4.69) is 10.4 Å². The van der Waals surface area contributed by atoms with Gasteiger partial charge >= 0.3 is 12.1 Å². The van der Waals surface area contributed by atoms with E-state index in [9.17, 15) is 9.59 Å². The molecule has 2 aromatic rings. The molecule has 0 aliphatic carbocycles. The number of benzene rings is 1. The van der Waals surface area contributed by atoms with Crippen LogP contribution in [0.25, 0.3) is 0 Å². The molecule has 0 atom stereocenters. The first-order valence-electron chi connectivity index (χ1n) is 6.75. The molecule has 0 saturated heterocycles. The Morgan fingerprint density at radius 1 is 1.35 bits per heavy atom. The van der Waals surface area contributed by atoms with Crippen LogP contribution in [-0.4, -0.2) is 26.9 Å². The van der Waals surface area contributed by atoms with E-state index >= 15 is 0 Å². The number of aryl methyl sites for hydroxylation is 1. The molecule has 1 amide bonds. The van der Waals surface area contributed by atoms with Crippen molar-refractivity contribution in [2.45, 2.75) is 19.6 Å². The van der Waals surface area contributed by atoms with Gasteiger partial charge in [-0.1, -0.05) is 30.3 Å². The fraction of sp³-hybridized carbons (Fsp3) is 0.200. The number of carboxylic acids is 1. The molecule has 0 fully saturated rings.